The van der Waals surface area contributed by atoms with Crippen molar-refractivity contribution in [3.8, 4) is 11.4 Å². The first-order valence-electron chi connectivity index (χ1n) is 8.60. The van der Waals surface area contributed by atoms with Gasteiger partial charge in [-0.3, -0.25) is 4.79 Å². The van der Waals surface area contributed by atoms with Crippen molar-refractivity contribution in [2.75, 3.05) is 7.05 Å². The number of nitrogens with zero attached hydrogens (tertiary/aromatic N) is 2. The number of alkyl halides is 2. The van der Waals surface area contributed by atoms with Crippen LogP contribution in [0.25, 0.3) is 11.4 Å². The van der Waals surface area contributed by atoms with E-state index in [1.165, 1.54) is 17.5 Å². The van der Waals surface area contributed by atoms with Gasteiger partial charge in [0.25, 0.3) is 5.92 Å². The lowest BCUT2D eigenvalue weighted by molar-refractivity contribution is -0.118. The molecule has 0 saturated heterocycles. The molecule has 6 nitrogen and oxygen atoms in total. The van der Waals surface area contributed by atoms with Crippen LogP contribution in [0.3, 0.4) is 0 Å². The third-order valence-electron chi connectivity index (χ3n) is 4.75. The van der Waals surface area contributed by atoms with Gasteiger partial charge >= 0.3 is 0 Å². The maximum atomic E-state index is 12.0. The Hall–Kier alpha value is -2.35. The van der Waals surface area contributed by atoms with Crippen molar-refractivity contribution in [1.82, 2.24) is 20.8 Å². The van der Waals surface area contributed by atoms with Crippen LogP contribution in [0.2, 0.25) is 0 Å². The number of aromatic nitrogens is 2. The Balaban J connectivity index is 0.000000185. The zero-order chi connectivity index (χ0) is 18.7. The molecular formula is C18H22F2N4O2. The molecule has 1 atom stereocenters. The molecule has 2 aromatic rings. The minimum Gasteiger partial charge on any atom is -0.355 e. The van der Waals surface area contributed by atoms with Gasteiger partial charge in [0.2, 0.25) is 18.1 Å². The number of benzene rings is 1. The molecule has 8 heteroatoms. The SMILES string of the molecule is CNC1CCc2cc(-c3noc(C)n3)ccc21.O=CNC1CC(F)(F)C1. The highest BCUT2D eigenvalue weighted by molar-refractivity contribution is 5.58. The van der Waals surface area contributed by atoms with Crippen molar-refractivity contribution in [1.29, 1.82) is 0 Å². The summed E-state index contributed by atoms with van der Waals surface area (Å²) < 4.78 is 28.9. The molecule has 0 spiro atoms. The van der Waals surface area contributed by atoms with E-state index in [2.05, 4.69) is 39.0 Å². The minimum atomic E-state index is -2.53. The van der Waals surface area contributed by atoms with Crippen LogP contribution >= 0.6 is 0 Å². The van der Waals surface area contributed by atoms with E-state index in [9.17, 15) is 13.6 Å². The second-order valence-corrected chi connectivity index (χ2v) is 6.68. The maximum Gasteiger partial charge on any atom is 0.252 e. The Kier molecular flexibility index (Phi) is 5.31. The zero-order valence-electron chi connectivity index (χ0n) is 14.8. The van der Waals surface area contributed by atoms with E-state index in [1.807, 2.05) is 7.05 Å². The average molecular weight is 364 g/mol. The number of carbonyl (C=O) groups is 1. The second-order valence-electron chi connectivity index (χ2n) is 6.68. The van der Waals surface area contributed by atoms with Crippen molar-refractivity contribution >= 4 is 6.41 Å². The number of amides is 1. The van der Waals surface area contributed by atoms with E-state index in [0.717, 1.165) is 12.0 Å². The lowest BCUT2D eigenvalue weighted by Gasteiger charge is -2.34. The summed E-state index contributed by atoms with van der Waals surface area (Å²) in [6, 6.07) is 6.61. The largest absolute Gasteiger partial charge is 0.355 e. The van der Waals surface area contributed by atoms with Gasteiger partial charge < -0.3 is 15.2 Å². The molecule has 0 bridgehead atoms. The first-order chi connectivity index (χ1) is 12.4. The fraction of sp³-hybridized carbons (Fsp3) is 0.500. The van der Waals surface area contributed by atoms with E-state index in [0.29, 0.717) is 24.2 Å². The van der Waals surface area contributed by atoms with Gasteiger partial charge in [-0.1, -0.05) is 17.3 Å². The predicted molar refractivity (Wildman–Crippen MR) is 91.8 cm³/mol. The van der Waals surface area contributed by atoms with Gasteiger partial charge in [-0.2, -0.15) is 4.98 Å². The van der Waals surface area contributed by atoms with Crippen LogP contribution in [0.5, 0.6) is 0 Å². The minimum absolute atomic E-state index is 0.203. The van der Waals surface area contributed by atoms with E-state index < -0.39 is 5.92 Å². The number of fused-ring (bicyclic) bond motifs is 1. The number of rotatable bonds is 4. The number of halogens is 2. The molecule has 0 radical (unpaired) electrons. The van der Waals surface area contributed by atoms with Crippen molar-refractivity contribution in [2.45, 2.75) is 50.6 Å². The summed E-state index contributed by atoms with van der Waals surface area (Å²) in [5.74, 6) is -1.24. The molecule has 1 amide bonds. The van der Waals surface area contributed by atoms with Gasteiger partial charge in [-0.05, 0) is 37.1 Å². The van der Waals surface area contributed by atoms with Crippen molar-refractivity contribution in [3.05, 3.63) is 35.2 Å². The fourth-order valence-corrected chi connectivity index (χ4v) is 3.35. The Bertz CT molecular complexity index is 770. The maximum absolute atomic E-state index is 12.0. The van der Waals surface area contributed by atoms with Gasteiger partial charge in [-0.25, -0.2) is 8.78 Å². The molecule has 1 heterocycles. The molecule has 4 rings (SSSR count). The number of nitrogens with one attached hydrogen (secondary N) is 2. The molecule has 26 heavy (non-hydrogen) atoms. The Morgan fingerprint density at radius 2 is 2.12 bits per heavy atom. The van der Waals surface area contributed by atoms with E-state index >= 15 is 0 Å². The van der Waals surface area contributed by atoms with Crippen molar-refractivity contribution in [2.24, 2.45) is 0 Å². The van der Waals surface area contributed by atoms with Crippen LogP contribution in [0.4, 0.5) is 8.78 Å². The molecule has 1 fully saturated rings. The van der Waals surface area contributed by atoms with Crippen LogP contribution in [0.1, 0.15) is 42.3 Å². The van der Waals surface area contributed by atoms with Crippen LogP contribution in [-0.4, -0.2) is 35.6 Å². The van der Waals surface area contributed by atoms with E-state index in [1.54, 1.807) is 6.92 Å². The van der Waals surface area contributed by atoms with E-state index in [-0.39, 0.29) is 18.9 Å². The predicted octanol–water partition coefficient (Wildman–Crippen LogP) is 2.78. The highest BCUT2D eigenvalue weighted by Gasteiger charge is 2.45. The second kappa shape index (κ2) is 7.49. The van der Waals surface area contributed by atoms with Crippen LogP contribution in [-0.2, 0) is 11.2 Å². The Morgan fingerprint density at radius 1 is 1.35 bits per heavy atom. The number of hydrogen-bond acceptors (Lipinski definition) is 5. The third kappa shape index (κ3) is 4.07. The van der Waals surface area contributed by atoms with Gasteiger partial charge in [0.1, 0.15) is 0 Å². The number of carbonyl (C=O) groups excluding carboxylic acids is 1. The highest BCUT2D eigenvalue weighted by atomic mass is 19.3. The Labute approximate surface area is 150 Å². The van der Waals surface area contributed by atoms with Gasteiger partial charge in [0.05, 0.1) is 0 Å². The van der Waals surface area contributed by atoms with Gasteiger partial charge in [-0.15, -0.1) is 0 Å². The van der Waals surface area contributed by atoms with Gasteiger partial charge in [0.15, 0.2) is 0 Å². The topological polar surface area (TPSA) is 80.1 Å². The summed E-state index contributed by atoms with van der Waals surface area (Å²) in [7, 11) is 2.01. The summed E-state index contributed by atoms with van der Waals surface area (Å²) in [4.78, 5) is 13.9. The molecular weight excluding hydrogens is 342 g/mol. The van der Waals surface area contributed by atoms with E-state index in [4.69, 9.17) is 4.52 Å². The molecule has 2 aliphatic carbocycles. The summed E-state index contributed by atoms with van der Waals surface area (Å²) in [5, 5.41) is 9.56. The first kappa shape index (κ1) is 18.4. The van der Waals surface area contributed by atoms with Crippen LogP contribution < -0.4 is 10.6 Å². The first-order valence-corrected chi connectivity index (χ1v) is 8.60. The van der Waals surface area contributed by atoms with Crippen molar-refractivity contribution in [3.63, 3.8) is 0 Å². The lowest BCUT2D eigenvalue weighted by Crippen LogP contribution is -2.47. The molecule has 2 N–H and O–H groups in total. The molecule has 1 saturated carbocycles. The Morgan fingerprint density at radius 3 is 2.69 bits per heavy atom. The zero-order valence-corrected chi connectivity index (χ0v) is 14.8. The quantitative estimate of drug-likeness (QED) is 0.816. The standard InChI is InChI=1S/C13H15N3O.C5H7F2NO/c1-8-15-13(16-17-8)10-3-5-11-9(7-10)4-6-12(11)14-2;6-5(7)1-4(2-5)8-3-9/h3,5,7,12,14H,4,6H2,1-2H3;3-4H,1-2H2,(H,8,9). The monoisotopic (exact) mass is 364 g/mol. The summed E-state index contributed by atoms with van der Waals surface area (Å²) in [6.45, 7) is 1.81. The number of hydrogen-bond donors (Lipinski definition) is 2. The highest BCUT2D eigenvalue weighted by Crippen LogP contribution is 2.37. The summed E-state index contributed by atoms with van der Waals surface area (Å²) in [6.07, 6.45) is 2.34. The molecule has 140 valence electrons. The molecule has 1 aromatic heterocycles. The third-order valence-corrected chi connectivity index (χ3v) is 4.75. The van der Waals surface area contributed by atoms with Crippen LogP contribution in [0.15, 0.2) is 22.7 Å². The smallest absolute Gasteiger partial charge is 0.252 e. The molecule has 1 aromatic carbocycles. The fourth-order valence-electron chi connectivity index (χ4n) is 3.35. The van der Waals surface area contributed by atoms with Crippen LogP contribution in [0, 0.1) is 6.92 Å². The van der Waals surface area contributed by atoms with Gasteiger partial charge in [0, 0.05) is 37.4 Å². The molecule has 1 unspecified atom stereocenters. The normalized spacial score (nSPS) is 20.5. The summed E-state index contributed by atoms with van der Waals surface area (Å²) in [5.41, 5.74) is 3.83. The summed E-state index contributed by atoms with van der Waals surface area (Å²) >= 11 is 0. The van der Waals surface area contributed by atoms with Crippen molar-refractivity contribution < 1.29 is 18.1 Å². The molecule has 0 aliphatic heterocycles. The number of aryl methyl sites for hydroxylation is 2. The lowest BCUT2D eigenvalue weighted by atomic mass is 9.88. The average Bonchev–Trinajstić information content (AvgIpc) is 3.19. The molecule has 2 aliphatic rings.